The predicted molar refractivity (Wildman–Crippen MR) is 115 cm³/mol. The molecule has 1 N–H and O–H groups in total. The molecule has 0 amide bonds. The lowest BCUT2D eigenvalue weighted by Gasteiger charge is -2.40. The number of nitrogens with zero attached hydrogens (tertiary/aromatic N) is 2. The van der Waals surface area contributed by atoms with Gasteiger partial charge >= 0.3 is 0 Å². The minimum absolute atomic E-state index is 0.447. The largest absolute Gasteiger partial charge is 0.366 e. The summed E-state index contributed by atoms with van der Waals surface area (Å²) >= 11 is 0. The summed E-state index contributed by atoms with van der Waals surface area (Å²) < 4.78 is 2.55. The highest BCUT2D eigenvalue weighted by Gasteiger charge is 2.40. The lowest BCUT2D eigenvalue weighted by Crippen LogP contribution is -2.43. The molecule has 28 heavy (non-hydrogen) atoms. The number of aryl methyl sites for hydroxylation is 2. The molecular weight excluding hydrogens is 346 g/mol. The monoisotopic (exact) mass is 373 g/mol. The average Bonchev–Trinajstić information content (AvgIpc) is 3.28. The number of likely N-dealkylation sites (N-methyl/N-ethyl adjacent to an activating group) is 1. The number of carbonyl (C=O) groups excluding carboxylic acids is 1. The Morgan fingerprint density at radius 2 is 1.82 bits per heavy atom. The highest BCUT2D eigenvalue weighted by molar-refractivity contribution is 6.07. The molecule has 5 rings (SSSR count). The van der Waals surface area contributed by atoms with Gasteiger partial charge in [0.05, 0.1) is 23.3 Å². The van der Waals surface area contributed by atoms with Gasteiger partial charge in [0.1, 0.15) is 6.29 Å². The second-order valence-corrected chi connectivity index (χ2v) is 8.39. The van der Waals surface area contributed by atoms with Crippen molar-refractivity contribution in [2.45, 2.75) is 39.3 Å². The van der Waals surface area contributed by atoms with Crippen molar-refractivity contribution < 1.29 is 4.79 Å². The second-order valence-electron chi connectivity index (χ2n) is 8.39. The van der Waals surface area contributed by atoms with Gasteiger partial charge in [0.25, 0.3) is 0 Å². The van der Waals surface area contributed by atoms with E-state index < -0.39 is 0 Å². The molecule has 2 aliphatic heterocycles. The molecule has 0 radical (unpaired) electrons. The van der Waals surface area contributed by atoms with Gasteiger partial charge in [-0.3, -0.25) is 0 Å². The highest BCUT2D eigenvalue weighted by Crippen LogP contribution is 2.48. The molecule has 2 atom stereocenters. The van der Waals surface area contributed by atoms with Crippen LogP contribution < -0.4 is 10.2 Å². The van der Waals surface area contributed by atoms with Gasteiger partial charge in [0.15, 0.2) is 0 Å². The van der Waals surface area contributed by atoms with Crippen LogP contribution in [-0.2, 0) is 11.2 Å². The first-order valence-corrected chi connectivity index (χ1v) is 10.1. The van der Waals surface area contributed by atoms with Gasteiger partial charge < -0.3 is 19.6 Å². The van der Waals surface area contributed by atoms with Crippen LogP contribution in [0, 0.1) is 20.8 Å². The van der Waals surface area contributed by atoms with Crippen LogP contribution in [0.4, 0.5) is 5.69 Å². The van der Waals surface area contributed by atoms with Gasteiger partial charge in [0.2, 0.25) is 0 Å². The number of nitrogens with one attached hydrogen (secondary N) is 1. The van der Waals surface area contributed by atoms with Gasteiger partial charge in [-0.1, -0.05) is 29.8 Å². The van der Waals surface area contributed by atoms with Crippen LogP contribution in [0.3, 0.4) is 0 Å². The topological polar surface area (TPSA) is 37.3 Å². The van der Waals surface area contributed by atoms with E-state index in [4.69, 9.17) is 0 Å². The molecule has 0 spiro atoms. The third-order valence-corrected chi connectivity index (χ3v) is 6.79. The Balaban J connectivity index is 1.91. The molecule has 3 heterocycles. The van der Waals surface area contributed by atoms with Gasteiger partial charge in [-0.15, -0.1) is 0 Å². The zero-order valence-electron chi connectivity index (χ0n) is 17.0. The Morgan fingerprint density at radius 1 is 1.11 bits per heavy atom. The van der Waals surface area contributed by atoms with Crippen molar-refractivity contribution in [3.05, 3.63) is 52.7 Å². The molecule has 0 bridgehead atoms. The van der Waals surface area contributed by atoms with Crippen LogP contribution in [0.5, 0.6) is 0 Å². The summed E-state index contributed by atoms with van der Waals surface area (Å²) in [4.78, 5) is 14.1. The molecule has 4 nitrogen and oxygen atoms in total. The summed E-state index contributed by atoms with van der Waals surface area (Å²) in [5, 5.41) is 4.86. The quantitative estimate of drug-likeness (QED) is 0.707. The van der Waals surface area contributed by atoms with E-state index in [2.05, 4.69) is 72.9 Å². The second kappa shape index (κ2) is 6.21. The molecule has 2 aromatic carbocycles. The Hall–Kier alpha value is -2.59. The first kappa shape index (κ1) is 17.5. The normalized spacial score (nSPS) is 20.6. The third kappa shape index (κ3) is 2.24. The minimum Gasteiger partial charge on any atom is -0.366 e. The summed E-state index contributed by atoms with van der Waals surface area (Å²) in [6, 6.07) is 11.9. The molecule has 2 unspecified atom stereocenters. The number of hydrogen-bond donors (Lipinski definition) is 1. The van der Waals surface area contributed by atoms with Gasteiger partial charge in [-0.05, 0) is 49.1 Å². The van der Waals surface area contributed by atoms with Gasteiger partial charge in [-0.2, -0.15) is 0 Å². The van der Waals surface area contributed by atoms with E-state index in [0.717, 1.165) is 24.9 Å². The number of rotatable bonds is 3. The van der Waals surface area contributed by atoms with Gasteiger partial charge in [0, 0.05) is 37.6 Å². The van der Waals surface area contributed by atoms with Crippen LogP contribution in [0.1, 0.15) is 28.4 Å². The van der Waals surface area contributed by atoms with E-state index >= 15 is 0 Å². The van der Waals surface area contributed by atoms with Gasteiger partial charge in [-0.25, -0.2) is 0 Å². The van der Waals surface area contributed by atoms with Crippen molar-refractivity contribution in [1.29, 1.82) is 0 Å². The van der Waals surface area contributed by atoms with Crippen molar-refractivity contribution in [3.63, 3.8) is 0 Å². The number of carbonyl (C=O) groups is 1. The Bertz CT molecular complexity index is 1090. The lowest BCUT2D eigenvalue weighted by atomic mass is 9.88. The van der Waals surface area contributed by atoms with Crippen LogP contribution in [0.15, 0.2) is 30.3 Å². The molecule has 1 saturated heterocycles. The summed E-state index contributed by atoms with van der Waals surface area (Å²) in [6.45, 7) is 8.53. The van der Waals surface area contributed by atoms with Crippen molar-refractivity contribution in [3.8, 4) is 11.1 Å². The fraction of sp³-hybridized carbons (Fsp3) is 0.375. The molecule has 1 aromatic heterocycles. The molecule has 1 fully saturated rings. The summed E-state index contributed by atoms with van der Waals surface area (Å²) in [5.74, 6) is 0. The number of anilines is 1. The zero-order valence-corrected chi connectivity index (χ0v) is 17.0. The molecule has 2 aliphatic rings. The number of benzene rings is 2. The van der Waals surface area contributed by atoms with E-state index in [1.807, 2.05) is 0 Å². The maximum atomic E-state index is 11.6. The standard InChI is InChI=1S/C24H27N3O/c1-14-5-7-17(8-6-14)22-18(9-10-28)16(3)23-24-19(22)11-15(2)27(24)21-13-25-12-20(21)26(23)4/h5-8,10-11,20-21,25H,9,12-13H2,1-4H3. The Kier molecular flexibility index (Phi) is 3.88. The van der Waals surface area contributed by atoms with Crippen LogP contribution in [0.25, 0.3) is 22.0 Å². The Labute approximate surface area is 166 Å². The van der Waals surface area contributed by atoms with E-state index in [0.29, 0.717) is 18.5 Å². The third-order valence-electron chi connectivity index (χ3n) is 6.79. The smallest absolute Gasteiger partial charge is 0.124 e. The fourth-order valence-electron chi connectivity index (χ4n) is 5.48. The first-order chi connectivity index (χ1) is 13.5. The molecule has 4 heteroatoms. The van der Waals surface area contributed by atoms with E-state index in [9.17, 15) is 4.79 Å². The zero-order chi connectivity index (χ0) is 19.6. The summed E-state index contributed by atoms with van der Waals surface area (Å²) in [5.41, 5.74) is 10.00. The van der Waals surface area contributed by atoms with E-state index in [1.165, 1.54) is 44.5 Å². The SMILES string of the molecule is Cc1ccc(-c2c(CC=O)c(C)c3c4c2cc(C)n4C2CNCC2N3C)cc1. The van der Waals surface area contributed by atoms with Crippen LogP contribution >= 0.6 is 0 Å². The van der Waals surface area contributed by atoms with Crippen molar-refractivity contribution >= 4 is 22.9 Å². The van der Waals surface area contributed by atoms with Crippen molar-refractivity contribution in [2.24, 2.45) is 0 Å². The fourth-order valence-corrected chi connectivity index (χ4v) is 5.48. The maximum absolute atomic E-state index is 11.6. The summed E-state index contributed by atoms with van der Waals surface area (Å²) in [6.07, 6.45) is 1.49. The number of aldehydes is 1. The number of fused-ring (bicyclic) bond motifs is 2. The molecule has 0 aliphatic carbocycles. The van der Waals surface area contributed by atoms with E-state index in [-0.39, 0.29) is 0 Å². The van der Waals surface area contributed by atoms with Crippen molar-refractivity contribution in [2.75, 3.05) is 25.0 Å². The predicted octanol–water partition coefficient (Wildman–Crippen LogP) is 3.94. The lowest BCUT2D eigenvalue weighted by molar-refractivity contribution is -0.107. The highest BCUT2D eigenvalue weighted by atomic mass is 16.1. The Morgan fingerprint density at radius 3 is 2.54 bits per heavy atom. The first-order valence-electron chi connectivity index (χ1n) is 10.1. The number of hydrogen-bond acceptors (Lipinski definition) is 3. The van der Waals surface area contributed by atoms with Crippen LogP contribution in [0.2, 0.25) is 0 Å². The van der Waals surface area contributed by atoms with E-state index in [1.54, 1.807) is 0 Å². The van der Waals surface area contributed by atoms with Crippen LogP contribution in [-0.4, -0.2) is 37.0 Å². The maximum Gasteiger partial charge on any atom is 0.124 e. The summed E-state index contributed by atoms with van der Waals surface area (Å²) in [7, 11) is 2.22. The minimum atomic E-state index is 0.447. The number of aromatic nitrogens is 1. The molecule has 0 saturated carbocycles. The molecular formula is C24H27N3O. The molecule has 3 aromatic rings. The average molecular weight is 374 g/mol. The van der Waals surface area contributed by atoms with Crippen molar-refractivity contribution in [1.82, 2.24) is 9.88 Å². The molecule has 144 valence electrons.